The van der Waals surface area contributed by atoms with Crippen LogP contribution in [-0.4, -0.2) is 31.4 Å². The quantitative estimate of drug-likeness (QED) is 0.608. The van der Waals surface area contributed by atoms with E-state index < -0.39 is 0 Å². The van der Waals surface area contributed by atoms with E-state index in [1.165, 1.54) is 6.20 Å². The molecule has 10 heavy (non-hydrogen) atoms. The molecule has 0 atom stereocenters. The summed E-state index contributed by atoms with van der Waals surface area (Å²) in [7, 11) is 3.86. The Labute approximate surface area is 61.7 Å². The van der Waals surface area contributed by atoms with Gasteiger partial charge in [0.15, 0.2) is 0 Å². The second-order valence-electron chi connectivity index (χ2n) is 2.32. The van der Waals surface area contributed by atoms with Gasteiger partial charge >= 0.3 is 0 Å². The van der Waals surface area contributed by atoms with Crippen LogP contribution in [0.4, 0.5) is 0 Å². The summed E-state index contributed by atoms with van der Waals surface area (Å²) in [6.45, 7) is 4.16. The molecule has 3 nitrogen and oxygen atoms in total. The lowest BCUT2D eigenvalue weighted by molar-refractivity contribution is -0.120. The minimum atomic E-state index is 0.0173. The predicted molar refractivity (Wildman–Crippen MR) is 41.5 cm³/mol. The Bertz CT molecular complexity index is 121. The number of nitrogens with one attached hydrogen (secondary N) is 1. The van der Waals surface area contributed by atoms with Crippen LogP contribution in [0.25, 0.3) is 0 Å². The van der Waals surface area contributed by atoms with Crippen molar-refractivity contribution in [1.29, 1.82) is 0 Å². The molecule has 0 saturated heterocycles. The molecular formula is C7H14N2O. The van der Waals surface area contributed by atoms with Gasteiger partial charge in [0, 0.05) is 13.0 Å². The topological polar surface area (TPSA) is 32.3 Å². The van der Waals surface area contributed by atoms with Gasteiger partial charge in [0.2, 0.25) is 5.91 Å². The minimum absolute atomic E-state index is 0.0173. The van der Waals surface area contributed by atoms with Crippen LogP contribution in [0, 0.1) is 0 Å². The van der Waals surface area contributed by atoms with E-state index in [4.69, 9.17) is 0 Å². The highest BCUT2D eigenvalue weighted by Crippen LogP contribution is 1.82. The van der Waals surface area contributed by atoms with E-state index in [0.717, 1.165) is 6.54 Å². The van der Waals surface area contributed by atoms with Crippen LogP contribution in [0.5, 0.6) is 0 Å². The molecule has 0 rings (SSSR count). The molecule has 0 aromatic carbocycles. The molecular weight excluding hydrogens is 128 g/mol. The highest BCUT2D eigenvalue weighted by Gasteiger charge is 1.97. The van der Waals surface area contributed by atoms with Crippen molar-refractivity contribution in [3.8, 4) is 0 Å². The second kappa shape index (κ2) is 4.99. The lowest BCUT2D eigenvalue weighted by Crippen LogP contribution is -2.23. The largest absolute Gasteiger partial charge is 0.333 e. The third-order valence-corrected chi connectivity index (χ3v) is 1.05. The van der Waals surface area contributed by atoms with Gasteiger partial charge in [-0.3, -0.25) is 4.79 Å². The minimum Gasteiger partial charge on any atom is -0.333 e. The lowest BCUT2D eigenvalue weighted by atomic mass is 10.4. The normalized spacial score (nSPS) is 9.50. The number of amides is 1. The van der Waals surface area contributed by atoms with Crippen molar-refractivity contribution in [3.05, 3.63) is 12.8 Å². The molecule has 0 aliphatic carbocycles. The Morgan fingerprint density at radius 1 is 1.70 bits per heavy atom. The van der Waals surface area contributed by atoms with Crippen molar-refractivity contribution >= 4 is 5.91 Å². The SMILES string of the molecule is C=CNC(=O)CCN(C)C. The lowest BCUT2D eigenvalue weighted by Gasteiger charge is -2.07. The van der Waals surface area contributed by atoms with Crippen LogP contribution in [0.3, 0.4) is 0 Å². The summed E-state index contributed by atoms with van der Waals surface area (Å²) in [5.74, 6) is 0.0173. The summed E-state index contributed by atoms with van der Waals surface area (Å²) in [6, 6.07) is 0. The monoisotopic (exact) mass is 142 g/mol. The number of rotatable bonds is 4. The Hall–Kier alpha value is -0.830. The van der Waals surface area contributed by atoms with Gasteiger partial charge in [-0.1, -0.05) is 6.58 Å². The van der Waals surface area contributed by atoms with E-state index in [1.54, 1.807) is 0 Å². The molecule has 0 bridgehead atoms. The first kappa shape index (κ1) is 9.17. The summed E-state index contributed by atoms with van der Waals surface area (Å²) < 4.78 is 0. The molecule has 58 valence electrons. The molecule has 0 spiro atoms. The molecule has 0 radical (unpaired) electrons. The number of carbonyl (C=O) groups is 1. The van der Waals surface area contributed by atoms with Crippen molar-refractivity contribution in [2.45, 2.75) is 6.42 Å². The third-order valence-electron chi connectivity index (χ3n) is 1.05. The van der Waals surface area contributed by atoms with Crippen molar-refractivity contribution in [2.24, 2.45) is 0 Å². The van der Waals surface area contributed by atoms with E-state index in [9.17, 15) is 4.79 Å². The van der Waals surface area contributed by atoms with E-state index in [0.29, 0.717) is 6.42 Å². The van der Waals surface area contributed by atoms with Crippen LogP contribution in [0.15, 0.2) is 12.8 Å². The fourth-order valence-corrected chi connectivity index (χ4v) is 0.511. The van der Waals surface area contributed by atoms with Crippen LogP contribution in [0.2, 0.25) is 0 Å². The van der Waals surface area contributed by atoms with Gasteiger partial charge in [-0.15, -0.1) is 0 Å². The number of hydrogen-bond acceptors (Lipinski definition) is 2. The standard InChI is InChI=1S/C7H14N2O/c1-4-8-7(10)5-6-9(2)3/h4H,1,5-6H2,2-3H3,(H,8,10). The van der Waals surface area contributed by atoms with Gasteiger partial charge in [-0.2, -0.15) is 0 Å². The number of hydrogen-bond donors (Lipinski definition) is 1. The first-order valence-corrected chi connectivity index (χ1v) is 3.22. The maximum absolute atomic E-state index is 10.7. The maximum atomic E-state index is 10.7. The number of carbonyl (C=O) groups excluding carboxylic acids is 1. The zero-order chi connectivity index (χ0) is 7.98. The van der Waals surface area contributed by atoms with Gasteiger partial charge in [-0.05, 0) is 20.3 Å². The van der Waals surface area contributed by atoms with E-state index in [-0.39, 0.29) is 5.91 Å². The van der Waals surface area contributed by atoms with Gasteiger partial charge in [0.05, 0.1) is 0 Å². The predicted octanol–water partition coefficient (Wildman–Crippen LogP) is 0.198. The average molecular weight is 142 g/mol. The molecule has 0 fully saturated rings. The van der Waals surface area contributed by atoms with E-state index in [2.05, 4.69) is 11.9 Å². The summed E-state index contributed by atoms with van der Waals surface area (Å²) in [4.78, 5) is 12.7. The second-order valence-corrected chi connectivity index (χ2v) is 2.32. The molecule has 0 heterocycles. The Morgan fingerprint density at radius 3 is 2.70 bits per heavy atom. The fourth-order valence-electron chi connectivity index (χ4n) is 0.511. The zero-order valence-electron chi connectivity index (χ0n) is 6.55. The van der Waals surface area contributed by atoms with E-state index in [1.807, 2.05) is 19.0 Å². The Morgan fingerprint density at radius 2 is 2.30 bits per heavy atom. The van der Waals surface area contributed by atoms with Gasteiger partial charge in [0.1, 0.15) is 0 Å². The van der Waals surface area contributed by atoms with Crippen molar-refractivity contribution in [3.63, 3.8) is 0 Å². The molecule has 1 amide bonds. The van der Waals surface area contributed by atoms with Crippen LogP contribution in [-0.2, 0) is 4.79 Å². The summed E-state index contributed by atoms with van der Waals surface area (Å²) >= 11 is 0. The number of nitrogens with zero attached hydrogens (tertiary/aromatic N) is 1. The average Bonchev–Trinajstić information content (AvgIpc) is 1.85. The Kier molecular flexibility index (Phi) is 4.58. The maximum Gasteiger partial charge on any atom is 0.225 e. The molecule has 0 aromatic rings. The highest BCUT2D eigenvalue weighted by atomic mass is 16.1. The zero-order valence-corrected chi connectivity index (χ0v) is 6.55. The van der Waals surface area contributed by atoms with Crippen LogP contribution in [0.1, 0.15) is 6.42 Å². The highest BCUT2D eigenvalue weighted by molar-refractivity contribution is 5.76. The van der Waals surface area contributed by atoms with Gasteiger partial charge in [-0.25, -0.2) is 0 Å². The van der Waals surface area contributed by atoms with Crippen LogP contribution >= 0.6 is 0 Å². The molecule has 0 unspecified atom stereocenters. The first-order valence-electron chi connectivity index (χ1n) is 3.22. The fraction of sp³-hybridized carbons (Fsp3) is 0.571. The first-order chi connectivity index (χ1) is 4.66. The summed E-state index contributed by atoms with van der Waals surface area (Å²) in [5.41, 5.74) is 0. The molecule has 0 aromatic heterocycles. The van der Waals surface area contributed by atoms with E-state index >= 15 is 0 Å². The molecule has 0 aliphatic rings. The van der Waals surface area contributed by atoms with Gasteiger partial charge < -0.3 is 10.2 Å². The Balaban J connectivity index is 3.30. The molecule has 3 heteroatoms. The third kappa shape index (κ3) is 5.31. The summed E-state index contributed by atoms with van der Waals surface area (Å²) in [5, 5.41) is 2.50. The van der Waals surface area contributed by atoms with Crippen LogP contribution < -0.4 is 5.32 Å². The van der Waals surface area contributed by atoms with Gasteiger partial charge in [0.25, 0.3) is 0 Å². The smallest absolute Gasteiger partial charge is 0.225 e. The molecule has 0 saturated carbocycles. The molecule has 0 aliphatic heterocycles. The molecule has 1 N–H and O–H groups in total. The van der Waals surface area contributed by atoms with Crippen molar-refractivity contribution in [1.82, 2.24) is 10.2 Å². The van der Waals surface area contributed by atoms with Crippen molar-refractivity contribution in [2.75, 3.05) is 20.6 Å². The van der Waals surface area contributed by atoms with Crippen molar-refractivity contribution < 1.29 is 4.79 Å². The summed E-state index contributed by atoms with van der Waals surface area (Å²) in [6.07, 6.45) is 1.93.